The zero-order chi connectivity index (χ0) is 15.9. The molecule has 0 aliphatic rings. The molecule has 0 fully saturated rings. The van der Waals surface area contributed by atoms with Crippen LogP contribution in [0.25, 0.3) is 0 Å². The SMILES string of the molecule is COc1ccc(COC(=O)C(C)c2ccccc2)c(OC)c1. The van der Waals surface area contributed by atoms with Gasteiger partial charge in [-0.1, -0.05) is 30.3 Å². The number of ether oxygens (including phenoxy) is 3. The van der Waals surface area contributed by atoms with Gasteiger partial charge in [0, 0.05) is 11.6 Å². The molecule has 2 aromatic carbocycles. The van der Waals surface area contributed by atoms with Gasteiger partial charge in [0.05, 0.1) is 20.1 Å². The molecule has 4 heteroatoms. The van der Waals surface area contributed by atoms with Crippen LogP contribution in [0, 0.1) is 0 Å². The fourth-order valence-electron chi connectivity index (χ4n) is 2.12. The van der Waals surface area contributed by atoms with Gasteiger partial charge in [-0.3, -0.25) is 4.79 Å². The van der Waals surface area contributed by atoms with E-state index in [4.69, 9.17) is 14.2 Å². The van der Waals surface area contributed by atoms with Crippen molar-refractivity contribution in [2.45, 2.75) is 19.4 Å². The molecule has 0 spiro atoms. The summed E-state index contributed by atoms with van der Waals surface area (Å²) in [5, 5.41) is 0. The zero-order valence-electron chi connectivity index (χ0n) is 13.0. The highest BCUT2D eigenvalue weighted by atomic mass is 16.5. The lowest BCUT2D eigenvalue weighted by atomic mass is 10.0. The van der Waals surface area contributed by atoms with Crippen molar-refractivity contribution in [2.75, 3.05) is 14.2 Å². The Morgan fingerprint density at radius 2 is 1.77 bits per heavy atom. The fraction of sp³-hybridized carbons (Fsp3) is 0.278. The van der Waals surface area contributed by atoms with E-state index in [1.165, 1.54) is 0 Å². The largest absolute Gasteiger partial charge is 0.497 e. The van der Waals surface area contributed by atoms with Crippen LogP contribution in [0.2, 0.25) is 0 Å². The molecule has 0 heterocycles. The van der Waals surface area contributed by atoms with Crippen molar-refractivity contribution in [2.24, 2.45) is 0 Å². The molecule has 0 aliphatic carbocycles. The van der Waals surface area contributed by atoms with Crippen molar-refractivity contribution in [3.05, 3.63) is 59.7 Å². The van der Waals surface area contributed by atoms with E-state index in [2.05, 4.69) is 0 Å². The number of rotatable bonds is 6. The summed E-state index contributed by atoms with van der Waals surface area (Å²) in [6.07, 6.45) is 0. The predicted molar refractivity (Wildman–Crippen MR) is 84.2 cm³/mol. The van der Waals surface area contributed by atoms with Gasteiger partial charge in [0.15, 0.2) is 0 Å². The molecule has 2 rings (SSSR count). The van der Waals surface area contributed by atoms with E-state index in [9.17, 15) is 4.79 Å². The Kier molecular flexibility index (Phi) is 5.42. The van der Waals surface area contributed by atoms with Crippen molar-refractivity contribution < 1.29 is 19.0 Å². The summed E-state index contributed by atoms with van der Waals surface area (Å²) in [4.78, 5) is 12.2. The molecule has 1 atom stereocenters. The van der Waals surface area contributed by atoms with E-state index < -0.39 is 0 Å². The minimum absolute atomic E-state index is 0.170. The first-order valence-electron chi connectivity index (χ1n) is 7.08. The van der Waals surface area contributed by atoms with Crippen LogP contribution in [-0.4, -0.2) is 20.2 Å². The first kappa shape index (κ1) is 15.9. The summed E-state index contributed by atoms with van der Waals surface area (Å²) < 4.78 is 15.8. The Morgan fingerprint density at radius 3 is 2.41 bits per heavy atom. The molecule has 0 aromatic heterocycles. The van der Waals surface area contributed by atoms with Gasteiger partial charge < -0.3 is 14.2 Å². The smallest absolute Gasteiger partial charge is 0.313 e. The summed E-state index contributed by atoms with van der Waals surface area (Å²) >= 11 is 0. The second kappa shape index (κ2) is 7.50. The first-order chi connectivity index (χ1) is 10.7. The van der Waals surface area contributed by atoms with Gasteiger partial charge in [-0.05, 0) is 24.6 Å². The summed E-state index contributed by atoms with van der Waals surface area (Å²) in [6, 6.07) is 15.0. The van der Waals surface area contributed by atoms with Gasteiger partial charge in [-0.15, -0.1) is 0 Å². The van der Waals surface area contributed by atoms with Crippen molar-refractivity contribution in [3.63, 3.8) is 0 Å². The van der Waals surface area contributed by atoms with Crippen molar-refractivity contribution >= 4 is 5.97 Å². The highest BCUT2D eigenvalue weighted by Gasteiger charge is 2.17. The van der Waals surface area contributed by atoms with Gasteiger partial charge in [0.1, 0.15) is 18.1 Å². The topological polar surface area (TPSA) is 44.8 Å². The molecule has 0 radical (unpaired) electrons. The van der Waals surface area contributed by atoms with Crippen LogP contribution in [0.4, 0.5) is 0 Å². The summed E-state index contributed by atoms with van der Waals surface area (Å²) in [5.74, 6) is 0.776. The van der Waals surface area contributed by atoms with E-state index in [0.29, 0.717) is 11.5 Å². The first-order valence-corrected chi connectivity index (χ1v) is 7.08. The number of benzene rings is 2. The van der Waals surface area contributed by atoms with Crippen LogP contribution in [-0.2, 0) is 16.1 Å². The van der Waals surface area contributed by atoms with Crippen LogP contribution < -0.4 is 9.47 Å². The Hall–Kier alpha value is -2.49. The molecule has 0 saturated heterocycles. The van der Waals surface area contributed by atoms with Crippen LogP contribution in [0.15, 0.2) is 48.5 Å². The highest BCUT2D eigenvalue weighted by Crippen LogP contribution is 2.26. The Balaban J connectivity index is 2.02. The second-order valence-electron chi connectivity index (χ2n) is 4.92. The number of esters is 1. The van der Waals surface area contributed by atoms with Gasteiger partial charge >= 0.3 is 5.97 Å². The highest BCUT2D eigenvalue weighted by molar-refractivity contribution is 5.77. The number of hydrogen-bond acceptors (Lipinski definition) is 4. The molecule has 0 saturated carbocycles. The van der Waals surface area contributed by atoms with Crippen LogP contribution in [0.1, 0.15) is 24.0 Å². The number of hydrogen-bond donors (Lipinski definition) is 0. The van der Waals surface area contributed by atoms with E-state index in [0.717, 1.165) is 11.1 Å². The maximum Gasteiger partial charge on any atom is 0.313 e. The van der Waals surface area contributed by atoms with Crippen molar-refractivity contribution in [1.29, 1.82) is 0 Å². The average Bonchev–Trinajstić information content (AvgIpc) is 2.59. The second-order valence-corrected chi connectivity index (χ2v) is 4.92. The summed E-state index contributed by atoms with van der Waals surface area (Å²) in [5.41, 5.74) is 1.74. The van der Waals surface area contributed by atoms with E-state index in [1.807, 2.05) is 49.4 Å². The number of methoxy groups -OCH3 is 2. The van der Waals surface area contributed by atoms with Crippen molar-refractivity contribution in [1.82, 2.24) is 0 Å². The maximum atomic E-state index is 12.2. The molecule has 22 heavy (non-hydrogen) atoms. The predicted octanol–water partition coefficient (Wildman–Crippen LogP) is 3.55. The van der Waals surface area contributed by atoms with Crippen LogP contribution in [0.3, 0.4) is 0 Å². The van der Waals surface area contributed by atoms with E-state index in [1.54, 1.807) is 20.3 Å². The third kappa shape index (κ3) is 3.79. The van der Waals surface area contributed by atoms with Crippen molar-refractivity contribution in [3.8, 4) is 11.5 Å². The minimum atomic E-state index is -0.301. The molecule has 0 amide bonds. The molecule has 4 nitrogen and oxygen atoms in total. The normalized spacial score (nSPS) is 11.6. The number of carbonyl (C=O) groups is 1. The van der Waals surface area contributed by atoms with E-state index >= 15 is 0 Å². The Morgan fingerprint density at radius 1 is 1.05 bits per heavy atom. The lowest BCUT2D eigenvalue weighted by Crippen LogP contribution is -2.13. The molecular weight excluding hydrogens is 280 g/mol. The molecule has 0 bridgehead atoms. The molecule has 116 valence electrons. The van der Waals surface area contributed by atoms with E-state index in [-0.39, 0.29) is 18.5 Å². The Bertz CT molecular complexity index is 622. The molecule has 0 N–H and O–H groups in total. The minimum Gasteiger partial charge on any atom is -0.497 e. The summed E-state index contributed by atoms with van der Waals surface area (Å²) in [7, 11) is 3.17. The molecule has 0 aliphatic heterocycles. The maximum absolute atomic E-state index is 12.2. The van der Waals surface area contributed by atoms with Crippen LogP contribution >= 0.6 is 0 Å². The van der Waals surface area contributed by atoms with Gasteiger partial charge in [-0.2, -0.15) is 0 Å². The number of carbonyl (C=O) groups excluding carboxylic acids is 1. The van der Waals surface area contributed by atoms with Gasteiger partial charge in [0.25, 0.3) is 0 Å². The third-order valence-corrected chi connectivity index (χ3v) is 3.52. The lowest BCUT2D eigenvalue weighted by molar-refractivity contribution is -0.146. The van der Waals surface area contributed by atoms with Gasteiger partial charge in [-0.25, -0.2) is 0 Å². The Labute approximate surface area is 130 Å². The monoisotopic (exact) mass is 300 g/mol. The average molecular weight is 300 g/mol. The standard InChI is InChI=1S/C18H20O4/c1-13(14-7-5-4-6-8-14)18(19)22-12-15-9-10-16(20-2)11-17(15)21-3/h4-11,13H,12H2,1-3H3. The zero-order valence-corrected chi connectivity index (χ0v) is 13.0. The third-order valence-electron chi connectivity index (χ3n) is 3.52. The molecule has 2 aromatic rings. The molecule has 1 unspecified atom stereocenters. The summed E-state index contributed by atoms with van der Waals surface area (Å²) in [6.45, 7) is 2.01. The van der Waals surface area contributed by atoms with Gasteiger partial charge in [0.2, 0.25) is 0 Å². The quantitative estimate of drug-likeness (QED) is 0.765. The lowest BCUT2D eigenvalue weighted by Gasteiger charge is -2.14. The fourth-order valence-corrected chi connectivity index (χ4v) is 2.12. The van der Waals surface area contributed by atoms with Crippen LogP contribution in [0.5, 0.6) is 11.5 Å². The molecular formula is C18H20O4.